The number of nitrogens with zero attached hydrogens (tertiary/aromatic N) is 1. The van der Waals surface area contributed by atoms with E-state index in [2.05, 4.69) is 11.4 Å². The maximum absolute atomic E-state index is 5.36. The number of para-hydroxylation sites is 1. The number of benzene rings is 1. The molecular formula is C14H18N2OS. The number of fused-ring (bicyclic) bond motifs is 1. The van der Waals surface area contributed by atoms with E-state index < -0.39 is 0 Å². The van der Waals surface area contributed by atoms with Crippen molar-refractivity contribution in [1.82, 2.24) is 10.3 Å². The maximum atomic E-state index is 5.36. The number of hydrogen-bond donors (Lipinski definition) is 1. The van der Waals surface area contributed by atoms with E-state index in [1.807, 2.05) is 12.1 Å². The van der Waals surface area contributed by atoms with Gasteiger partial charge in [-0.25, -0.2) is 4.98 Å². The lowest BCUT2D eigenvalue weighted by Crippen LogP contribution is -2.30. The van der Waals surface area contributed by atoms with Gasteiger partial charge in [0.25, 0.3) is 0 Å². The molecule has 2 aromatic rings. The van der Waals surface area contributed by atoms with Crippen LogP contribution in [0.3, 0.4) is 0 Å². The first kappa shape index (κ1) is 11.9. The van der Waals surface area contributed by atoms with Crippen LogP contribution in [0.2, 0.25) is 0 Å². The highest BCUT2D eigenvalue weighted by molar-refractivity contribution is 7.18. The Morgan fingerprint density at radius 1 is 1.50 bits per heavy atom. The number of methoxy groups -OCH3 is 1. The Kier molecular flexibility index (Phi) is 3.48. The van der Waals surface area contributed by atoms with E-state index in [1.165, 1.54) is 29.1 Å². The monoisotopic (exact) mass is 262 g/mol. The van der Waals surface area contributed by atoms with Crippen LogP contribution >= 0.6 is 11.3 Å². The molecule has 1 N–H and O–H groups in total. The molecule has 1 aliphatic heterocycles. The summed E-state index contributed by atoms with van der Waals surface area (Å²) >= 11 is 1.80. The Balaban J connectivity index is 1.84. The average Bonchev–Trinajstić information content (AvgIpc) is 2.82. The van der Waals surface area contributed by atoms with Gasteiger partial charge in [-0.2, -0.15) is 0 Å². The summed E-state index contributed by atoms with van der Waals surface area (Å²) in [5.41, 5.74) is 1.02. The smallest absolute Gasteiger partial charge is 0.145 e. The first-order chi connectivity index (χ1) is 8.86. The minimum absolute atomic E-state index is 0.741. The van der Waals surface area contributed by atoms with Gasteiger partial charge in [0.2, 0.25) is 0 Å². The molecule has 1 atom stereocenters. The zero-order valence-electron chi connectivity index (χ0n) is 10.6. The topological polar surface area (TPSA) is 34.1 Å². The van der Waals surface area contributed by atoms with Crippen molar-refractivity contribution in [2.45, 2.75) is 19.3 Å². The standard InChI is InChI=1S/C14H18N2OS/c1-17-11-5-2-6-12-14(11)16-13(18-12)8-10-4-3-7-15-9-10/h2,5-6,10,15H,3-4,7-9H2,1H3. The number of hydrogen-bond acceptors (Lipinski definition) is 4. The zero-order chi connectivity index (χ0) is 12.4. The summed E-state index contributed by atoms with van der Waals surface area (Å²) in [5, 5.41) is 4.70. The number of rotatable bonds is 3. The first-order valence-corrected chi connectivity index (χ1v) is 7.31. The van der Waals surface area contributed by atoms with Crippen molar-refractivity contribution in [2.75, 3.05) is 20.2 Å². The molecule has 0 radical (unpaired) electrons. The van der Waals surface area contributed by atoms with Crippen LogP contribution in [0.15, 0.2) is 18.2 Å². The van der Waals surface area contributed by atoms with Crippen LogP contribution in [0.4, 0.5) is 0 Å². The molecule has 1 aliphatic rings. The van der Waals surface area contributed by atoms with Crippen LogP contribution in [0.1, 0.15) is 17.8 Å². The van der Waals surface area contributed by atoms with Gasteiger partial charge in [-0.15, -0.1) is 11.3 Å². The third-order valence-corrected chi connectivity index (χ3v) is 4.55. The Bertz CT molecular complexity index is 532. The SMILES string of the molecule is COc1cccc2sc(CC3CCCNC3)nc12. The van der Waals surface area contributed by atoms with Gasteiger partial charge in [-0.05, 0) is 44.0 Å². The molecule has 1 aromatic carbocycles. The lowest BCUT2D eigenvalue weighted by atomic mass is 9.97. The quantitative estimate of drug-likeness (QED) is 0.923. The number of nitrogens with one attached hydrogen (secondary N) is 1. The highest BCUT2D eigenvalue weighted by Gasteiger charge is 2.16. The summed E-state index contributed by atoms with van der Waals surface area (Å²) in [5.74, 6) is 1.63. The van der Waals surface area contributed by atoms with Gasteiger partial charge < -0.3 is 10.1 Å². The molecule has 18 heavy (non-hydrogen) atoms. The highest BCUT2D eigenvalue weighted by Crippen LogP contribution is 2.31. The van der Waals surface area contributed by atoms with Crippen molar-refractivity contribution in [3.8, 4) is 5.75 Å². The second-order valence-electron chi connectivity index (χ2n) is 4.83. The van der Waals surface area contributed by atoms with Crippen LogP contribution < -0.4 is 10.1 Å². The summed E-state index contributed by atoms with van der Waals surface area (Å²) in [6.45, 7) is 2.30. The van der Waals surface area contributed by atoms with Gasteiger partial charge >= 0.3 is 0 Å². The highest BCUT2D eigenvalue weighted by atomic mass is 32.1. The fourth-order valence-electron chi connectivity index (χ4n) is 2.57. The van der Waals surface area contributed by atoms with E-state index >= 15 is 0 Å². The lowest BCUT2D eigenvalue weighted by molar-refractivity contribution is 0.375. The Morgan fingerprint density at radius 3 is 3.22 bits per heavy atom. The van der Waals surface area contributed by atoms with E-state index in [0.717, 1.165) is 30.1 Å². The summed E-state index contributed by atoms with van der Waals surface area (Å²) in [6, 6.07) is 6.14. The second-order valence-corrected chi connectivity index (χ2v) is 5.95. The molecule has 0 aliphatic carbocycles. The molecule has 0 saturated carbocycles. The van der Waals surface area contributed by atoms with Crippen LogP contribution in [0.5, 0.6) is 5.75 Å². The Labute approximate surface area is 111 Å². The van der Waals surface area contributed by atoms with E-state index in [4.69, 9.17) is 9.72 Å². The van der Waals surface area contributed by atoms with Gasteiger partial charge in [0, 0.05) is 6.42 Å². The fourth-order valence-corrected chi connectivity index (χ4v) is 3.67. The molecule has 4 heteroatoms. The van der Waals surface area contributed by atoms with E-state index in [-0.39, 0.29) is 0 Å². The maximum Gasteiger partial charge on any atom is 0.145 e. The van der Waals surface area contributed by atoms with E-state index in [1.54, 1.807) is 18.4 Å². The predicted molar refractivity (Wildman–Crippen MR) is 75.5 cm³/mol. The van der Waals surface area contributed by atoms with Crippen LogP contribution in [-0.4, -0.2) is 25.2 Å². The molecule has 96 valence electrons. The van der Waals surface area contributed by atoms with Crippen molar-refractivity contribution in [3.05, 3.63) is 23.2 Å². The predicted octanol–water partition coefficient (Wildman–Crippen LogP) is 2.85. The van der Waals surface area contributed by atoms with Gasteiger partial charge in [-0.1, -0.05) is 6.07 Å². The second kappa shape index (κ2) is 5.24. The molecule has 1 saturated heterocycles. The molecule has 3 nitrogen and oxygen atoms in total. The molecule has 1 aromatic heterocycles. The molecule has 1 fully saturated rings. The summed E-state index contributed by atoms with van der Waals surface area (Å²) in [6.07, 6.45) is 3.70. The zero-order valence-corrected chi connectivity index (χ0v) is 11.4. The Hall–Kier alpha value is -1.13. The molecule has 0 spiro atoms. The minimum Gasteiger partial charge on any atom is -0.494 e. The molecule has 1 unspecified atom stereocenters. The van der Waals surface area contributed by atoms with Gasteiger partial charge in [-0.3, -0.25) is 0 Å². The molecule has 2 heterocycles. The summed E-state index contributed by atoms with van der Waals surface area (Å²) in [7, 11) is 1.71. The van der Waals surface area contributed by atoms with Crippen molar-refractivity contribution in [3.63, 3.8) is 0 Å². The normalized spacial score (nSPS) is 20.2. The van der Waals surface area contributed by atoms with Crippen molar-refractivity contribution < 1.29 is 4.74 Å². The molecule has 0 bridgehead atoms. The molecule has 3 rings (SSSR count). The number of aromatic nitrogens is 1. The summed E-state index contributed by atoms with van der Waals surface area (Å²) in [4.78, 5) is 4.74. The first-order valence-electron chi connectivity index (χ1n) is 6.50. The van der Waals surface area contributed by atoms with Gasteiger partial charge in [0.05, 0.1) is 16.8 Å². The van der Waals surface area contributed by atoms with Crippen LogP contribution in [-0.2, 0) is 6.42 Å². The third kappa shape index (κ3) is 2.35. The fraction of sp³-hybridized carbons (Fsp3) is 0.500. The Morgan fingerprint density at radius 2 is 2.44 bits per heavy atom. The van der Waals surface area contributed by atoms with Crippen LogP contribution in [0, 0.1) is 5.92 Å². The van der Waals surface area contributed by atoms with Crippen molar-refractivity contribution >= 4 is 21.6 Å². The lowest BCUT2D eigenvalue weighted by Gasteiger charge is -2.21. The van der Waals surface area contributed by atoms with Gasteiger partial charge in [0.15, 0.2) is 0 Å². The van der Waals surface area contributed by atoms with Crippen molar-refractivity contribution in [1.29, 1.82) is 0 Å². The average molecular weight is 262 g/mol. The molecular weight excluding hydrogens is 244 g/mol. The van der Waals surface area contributed by atoms with E-state index in [9.17, 15) is 0 Å². The van der Waals surface area contributed by atoms with E-state index in [0.29, 0.717) is 0 Å². The largest absolute Gasteiger partial charge is 0.494 e. The number of piperidine rings is 1. The summed E-state index contributed by atoms with van der Waals surface area (Å²) < 4.78 is 6.59. The van der Waals surface area contributed by atoms with Crippen molar-refractivity contribution in [2.24, 2.45) is 5.92 Å². The van der Waals surface area contributed by atoms with Crippen LogP contribution in [0.25, 0.3) is 10.2 Å². The third-order valence-electron chi connectivity index (χ3n) is 3.51. The molecule has 0 amide bonds. The van der Waals surface area contributed by atoms with Gasteiger partial charge in [0.1, 0.15) is 11.3 Å². The minimum atomic E-state index is 0.741. The number of ether oxygens (including phenoxy) is 1. The number of thiazole rings is 1.